The van der Waals surface area contributed by atoms with E-state index in [0.717, 1.165) is 16.8 Å². The Bertz CT molecular complexity index is 767. The Morgan fingerprint density at radius 2 is 1.57 bits per heavy atom. The second kappa shape index (κ2) is 6.86. The van der Waals surface area contributed by atoms with Crippen LogP contribution in [0.4, 0.5) is 0 Å². The summed E-state index contributed by atoms with van der Waals surface area (Å²) in [5, 5.41) is 26.8. The van der Waals surface area contributed by atoms with Crippen LogP contribution in [0.15, 0.2) is 60.7 Å². The van der Waals surface area contributed by atoms with Crippen LogP contribution in [0.25, 0.3) is 0 Å². The highest BCUT2D eigenvalue weighted by atomic mass is 16.3. The van der Waals surface area contributed by atoms with Crippen molar-refractivity contribution in [2.45, 2.75) is 19.1 Å². The number of nitriles is 1. The summed E-state index contributed by atoms with van der Waals surface area (Å²) in [6, 6.07) is 22.0. The summed E-state index contributed by atoms with van der Waals surface area (Å²) in [6.45, 7) is -0.116. The van der Waals surface area contributed by atoms with Crippen molar-refractivity contribution in [2.24, 2.45) is 0 Å². The molecule has 1 heterocycles. The summed E-state index contributed by atoms with van der Waals surface area (Å²) < 4.78 is 1.57. The third-order valence-electron chi connectivity index (χ3n) is 3.76. The molecule has 0 aliphatic heterocycles. The van der Waals surface area contributed by atoms with Gasteiger partial charge in [0.05, 0.1) is 24.3 Å². The van der Waals surface area contributed by atoms with E-state index in [1.807, 2.05) is 60.7 Å². The van der Waals surface area contributed by atoms with E-state index in [-0.39, 0.29) is 19.1 Å². The van der Waals surface area contributed by atoms with Gasteiger partial charge in [-0.3, -0.25) is 0 Å². The minimum atomic E-state index is -0.211. The molecule has 0 spiro atoms. The summed E-state index contributed by atoms with van der Waals surface area (Å²) >= 11 is 0. The lowest BCUT2D eigenvalue weighted by molar-refractivity contribution is 0.275. The van der Waals surface area contributed by atoms with E-state index in [1.54, 1.807) is 4.68 Å². The van der Waals surface area contributed by atoms with Gasteiger partial charge >= 0.3 is 0 Å². The molecule has 0 unspecified atom stereocenters. The molecule has 0 amide bonds. The Morgan fingerprint density at radius 3 is 2.04 bits per heavy atom. The van der Waals surface area contributed by atoms with Crippen molar-refractivity contribution in [3.8, 4) is 6.07 Å². The largest absolute Gasteiger partial charge is 0.390 e. The summed E-state index contributed by atoms with van der Waals surface area (Å²) in [5.41, 5.74) is 3.38. The third kappa shape index (κ3) is 2.98. The van der Waals surface area contributed by atoms with Gasteiger partial charge in [0.15, 0.2) is 0 Å². The lowest BCUT2D eigenvalue weighted by Crippen LogP contribution is -2.13. The van der Waals surface area contributed by atoms with Crippen LogP contribution in [0, 0.1) is 11.3 Å². The van der Waals surface area contributed by atoms with Gasteiger partial charge in [-0.1, -0.05) is 65.9 Å². The topological polar surface area (TPSA) is 74.7 Å². The van der Waals surface area contributed by atoms with Crippen LogP contribution < -0.4 is 0 Å². The highest BCUT2D eigenvalue weighted by Crippen LogP contribution is 2.33. The van der Waals surface area contributed by atoms with Gasteiger partial charge in [0, 0.05) is 0 Å². The molecule has 0 radical (unpaired) electrons. The number of hydrogen-bond donors (Lipinski definition) is 1. The summed E-state index contributed by atoms with van der Waals surface area (Å²) in [6.07, 6.45) is 0. The van der Waals surface area contributed by atoms with Crippen molar-refractivity contribution in [1.82, 2.24) is 15.0 Å². The number of aromatic nitrogens is 3. The average Bonchev–Trinajstić information content (AvgIpc) is 3.00. The Balaban J connectivity index is 2.21. The number of rotatable bonds is 5. The third-order valence-corrected chi connectivity index (χ3v) is 3.76. The van der Waals surface area contributed by atoms with Crippen LogP contribution in [0.2, 0.25) is 0 Å². The molecule has 0 aliphatic carbocycles. The SMILES string of the molecule is N#CCn1nnc(CO)c1C(c1ccccc1)c1ccccc1. The molecule has 5 heteroatoms. The van der Waals surface area contributed by atoms with E-state index >= 15 is 0 Å². The lowest BCUT2D eigenvalue weighted by Gasteiger charge is -2.19. The van der Waals surface area contributed by atoms with Gasteiger partial charge in [-0.15, -0.1) is 5.10 Å². The maximum atomic E-state index is 9.64. The normalized spacial score (nSPS) is 10.7. The van der Waals surface area contributed by atoms with Crippen molar-refractivity contribution in [1.29, 1.82) is 5.26 Å². The van der Waals surface area contributed by atoms with Gasteiger partial charge in [0.25, 0.3) is 0 Å². The number of nitrogens with zero attached hydrogens (tertiary/aromatic N) is 4. The fourth-order valence-corrected chi connectivity index (χ4v) is 2.77. The molecule has 1 N–H and O–H groups in total. The van der Waals surface area contributed by atoms with Crippen molar-refractivity contribution >= 4 is 0 Å². The quantitative estimate of drug-likeness (QED) is 0.785. The highest BCUT2D eigenvalue weighted by Gasteiger charge is 2.25. The van der Waals surface area contributed by atoms with Gasteiger partial charge < -0.3 is 5.11 Å². The monoisotopic (exact) mass is 304 g/mol. The van der Waals surface area contributed by atoms with Gasteiger partial charge in [0.1, 0.15) is 12.2 Å². The summed E-state index contributed by atoms with van der Waals surface area (Å²) in [4.78, 5) is 0. The van der Waals surface area contributed by atoms with Gasteiger partial charge in [-0.25, -0.2) is 4.68 Å². The lowest BCUT2D eigenvalue weighted by atomic mass is 9.87. The van der Waals surface area contributed by atoms with Gasteiger partial charge in [-0.2, -0.15) is 5.26 Å². The molecule has 0 saturated carbocycles. The van der Waals surface area contributed by atoms with Crippen molar-refractivity contribution < 1.29 is 5.11 Å². The molecular formula is C18H16N4O. The maximum Gasteiger partial charge on any atom is 0.130 e. The van der Waals surface area contributed by atoms with Crippen LogP contribution >= 0.6 is 0 Å². The van der Waals surface area contributed by atoms with Crippen molar-refractivity contribution in [2.75, 3.05) is 0 Å². The predicted octanol–water partition coefficient (Wildman–Crippen LogP) is 2.47. The molecular weight excluding hydrogens is 288 g/mol. The minimum absolute atomic E-state index is 0.0957. The van der Waals surface area contributed by atoms with E-state index in [4.69, 9.17) is 5.26 Å². The first kappa shape index (κ1) is 14.9. The fourth-order valence-electron chi connectivity index (χ4n) is 2.77. The number of aliphatic hydroxyl groups excluding tert-OH is 1. The van der Waals surface area contributed by atoms with Crippen LogP contribution in [0.1, 0.15) is 28.4 Å². The highest BCUT2D eigenvalue weighted by molar-refractivity contribution is 5.41. The molecule has 0 fully saturated rings. The molecule has 3 aromatic rings. The Kier molecular flexibility index (Phi) is 4.46. The smallest absolute Gasteiger partial charge is 0.130 e. The molecule has 114 valence electrons. The first-order valence-corrected chi connectivity index (χ1v) is 7.35. The molecule has 2 aromatic carbocycles. The molecule has 0 bridgehead atoms. The molecule has 0 atom stereocenters. The van der Waals surface area contributed by atoms with Gasteiger partial charge in [0.2, 0.25) is 0 Å². The fraction of sp³-hybridized carbons (Fsp3) is 0.167. The maximum absolute atomic E-state index is 9.64. The molecule has 23 heavy (non-hydrogen) atoms. The molecule has 5 nitrogen and oxygen atoms in total. The van der Waals surface area contributed by atoms with Crippen LogP contribution in [-0.2, 0) is 13.2 Å². The average molecular weight is 304 g/mol. The Hall–Kier alpha value is -2.97. The number of aliphatic hydroxyl groups is 1. The predicted molar refractivity (Wildman–Crippen MR) is 85.4 cm³/mol. The standard InChI is InChI=1S/C18H16N4O/c19-11-12-22-18(16(13-23)20-21-22)17(14-7-3-1-4-8-14)15-9-5-2-6-10-15/h1-10,17,23H,12-13H2. The summed E-state index contributed by atoms with van der Waals surface area (Å²) in [7, 11) is 0. The zero-order valence-corrected chi connectivity index (χ0v) is 12.5. The van der Waals surface area contributed by atoms with Crippen LogP contribution in [0.5, 0.6) is 0 Å². The minimum Gasteiger partial charge on any atom is -0.390 e. The molecule has 1 aromatic heterocycles. The number of benzene rings is 2. The van der Waals surface area contributed by atoms with E-state index in [2.05, 4.69) is 16.4 Å². The van der Waals surface area contributed by atoms with E-state index in [1.165, 1.54) is 0 Å². The van der Waals surface area contributed by atoms with Crippen LogP contribution in [0.3, 0.4) is 0 Å². The first-order valence-electron chi connectivity index (χ1n) is 7.35. The second-order valence-electron chi connectivity index (χ2n) is 5.15. The van der Waals surface area contributed by atoms with E-state index in [0.29, 0.717) is 5.69 Å². The first-order chi connectivity index (χ1) is 11.3. The van der Waals surface area contributed by atoms with E-state index < -0.39 is 0 Å². The molecule has 0 saturated heterocycles. The Morgan fingerprint density at radius 1 is 1.00 bits per heavy atom. The Labute approximate surface area is 134 Å². The van der Waals surface area contributed by atoms with Gasteiger partial charge in [-0.05, 0) is 11.1 Å². The zero-order valence-electron chi connectivity index (χ0n) is 12.5. The zero-order chi connectivity index (χ0) is 16.1. The molecule has 0 aliphatic rings. The second-order valence-corrected chi connectivity index (χ2v) is 5.15. The van der Waals surface area contributed by atoms with Crippen molar-refractivity contribution in [3.63, 3.8) is 0 Å². The summed E-state index contributed by atoms with van der Waals surface area (Å²) in [5.74, 6) is -0.136. The number of hydrogen-bond acceptors (Lipinski definition) is 4. The van der Waals surface area contributed by atoms with Crippen molar-refractivity contribution in [3.05, 3.63) is 83.2 Å². The molecule has 3 rings (SSSR count). The van der Waals surface area contributed by atoms with Crippen LogP contribution in [-0.4, -0.2) is 20.1 Å². The van der Waals surface area contributed by atoms with E-state index in [9.17, 15) is 5.11 Å².